The first-order valence-electron chi connectivity index (χ1n) is 17.1. The summed E-state index contributed by atoms with van der Waals surface area (Å²) in [4.78, 5) is 5.13. The fourth-order valence-electron chi connectivity index (χ4n) is 7.66. The van der Waals surface area contributed by atoms with Gasteiger partial charge in [0.25, 0.3) is 0 Å². The molecule has 10 rings (SSSR count). The van der Waals surface area contributed by atoms with Gasteiger partial charge < -0.3 is 0 Å². The zero-order chi connectivity index (χ0) is 32.9. The van der Waals surface area contributed by atoms with Crippen LogP contribution in [-0.4, -0.2) is 9.38 Å². The van der Waals surface area contributed by atoms with Gasteiger partial charge in [0.05, 0.1) is 16.6 Å². The lowest BCUT2D eigenvalue weighted by Gasteiger charge is -2.18. The molecule has 49 heavy (non-hydrogen) atoms. The third kappa shape index (κ3) is 4.52. The third-order valence-corrected chi connectivity index (χ3v) is 9.76. The van der Waals surface area contributed by atoms with Crippen molar-refractivity contribution >= 4 is 48.9 Å². The number of aromatic nitrogens is 2. The standard InChI is InChI=1S/C45H28N2.C2H6/c1-2-11-29(12-3-1)30-21-23-31(24-22-30)42-35-14-4-6-16-37(35)43(38-17-7-5-15-36(38)42)32-25-27-33(28-26-32)45-46-40-19-10-18-39-34-13-8-9-20-41(34)47(45)44(39)40;1-2/h1-28H;1-2H3. The highest BCUT2D eigenvalue weighted by atomic mass is 15.0. The highest BCUT2D eigenvalue weighted by Crippen LogP contribution is 2.44. The van der Waals surface area contributed by atoms with E-state index in [1.54, 1.807) is 0 Å². The van der Waals surface area contributed by atoms with Crippen LogP contribution in [0.4, 0.5) is 0 Å². The number of benzene rings is 8. The SMILES string of the molecule is CC.c1ccc(-c2ccc(-c3c4ccccc4c(-c4ccc(-c5nc6cccc7c8ccccc8n5c67)cc4)c4ccccc34)cc2)cc1. The van der Waals surface area contributed by atoms with Crippen LogP contribution in [0.1, 0.15) is 13.8 Å². The summed E-state index contributed by atoms with van der Waals surface area (Å²) >= 11 is 0. The van der Waals surface area contributed by atoms with Gasteiger partial charge in [-0.1, -0.05) is 172 Å². The Morgan fingerprint density at radius 2 is 0.776 bits per heavy atom. The molecule has 0 spiro atoms. The van der Waals surface area contributed by atoms with Crippen LogP contribution >= 0.6 is 0 Å². The number of hydrogen-bond acceptors (Lipinski definition) is 1. The van der Waals surface area contributed by atoms with Crippen molar-refractivity contribution < 1.29 is 0 Å². The largest absolute Gasteiger partial charge is 0.291 e. The molecule has 0 bridgehead atoms. The number of rotatable bonds is 4. The van der Waals surface area contributed by atoms with Crippen molar-refractivity contribution in [3.8, 4) is 44.8 Å². The Balaban J connectivity index is 0.00000160. The predicted molar refractivity (Wildman–Crippen MR) is 209 cm³/mol. The molecule has 0 radical (unpaired) electrons. The van der Waals surface area contributed by atoms with E-state index in [0.717, 1.165) is 16.9 Å². The minimum absolute atomic E-state index is 0.980. The summed E-state index contributed by atoms with van der Waals surface area (Å²) in [5.74, 6) is 0.980. The Hall–Kier alpha value is -6.25. The average molecular weight is 627 g/mol. The van der Waals surface area contributed by atoms with Crippen LogP contribution in [0, 0.1) is 0 Å². The summed E-state index contributed by atoms with van der Waals surface area (Å²) in [5, 5.41) is 7.54. The molecule has 0 fully saturated rings. The number of fused-ring (bicyclic) bond motifs is 5. The van der Waals surface area contributed by atoms with E-state index < -0.39 is 0 Å². The van der Waals surface area contributed by atoms with Gasteiger partial charge >= 0.3 is 0 Å². The van der Waals surface area contributed by atoms with E-state index in [4.69, 9.17) is 4.98 Å². The molecule has 0 aliphatic rings. The molecule has 10 aromatic rings. The summed E-state index contributed by atoms with van der Waals surface area (Å²) in [6, 6.07) is 61.4. The molecule has 0 saturated heterocycles. The maximum Gasteiger partial charge on any atom is 0.145 e. The fourth-order valence-corrected chi connectivity index (χ4v) is 7.66. The lowest BCUT2D eigenvalue weighted by Crippen LogP contribution is -1.92. The normalized spacial score (nSPS) is 11.5. The molecule has 0 amide bonds. The molecule has 0 saturated carbocycles. The van der Waals surface area contributed by atoms with Gasteiger partial charge in [-0.3, -0.25) is 4.40 Å². The van der Waals surface area contributed by atoms with E-state index in [-0.39, 0.29) is 0 Å². The molecule has 8 aromatic carbocycles. The Labute approximate surface area is 285 Å². The van der Waals surface area contributed by atoms with Gasteiger partial charge in [0.1, 0.15) is 5.82 Å². The van der Waals surface area contributed by atoms with Crippen LogP contribution < -0.4 is 0 Å². The van der Waals surface area contributed by atoms with Crippen molar-refractivity contribution in [2.75, 3.05) is 0 Å². The van der Waals surface area contributed by atoms with Crippen molar-refractivity contribution in [2.24, 2.45) is 0 Å². The lowest BCUT2D eigenvalue weighted by atomic mass is 9.85. The second kappa shape index (κ2) is 11.8. The number of hydrogen-bond donors (Lipinski definition) is 0. The van der Waals surface area contributed by atoms with Gasteiger partial charge in [0.2, 0.25) is 0 Å². The summed E-state index contributed by atoms with van der Waals surface area (Å²) in [6.45, 7) is 4.00. The molecule has 232 valence electrons. The zero-order valence-electron chi connectivity index (χ0n) is 27.6. The van der Waals surface area contributed by atoms with Gasteiger partial charge in [0, 0.05) is 16.3 Å². The van der Waals surface area contributed by atoms with E-state index in [1.807, 2.05) is 13.8 Å². The molecular formula is C47H34N2. The molecule has 2 heteroatoms. The smallest absolute Gasteiger partial charge is 0.145 e. The Morgan fingerprint density at radius 3 is 1.35 bits per heavy atom. The topological polar surface area (TPSA) is 17.3 Å². The maximum atomic E-state index is 5.13. The van der Waals surface area contributed by atoms with Crippen LogP contribution in [-0.2, 0) is 0 Å². The molecule has 0 N–H and O–H groups in total. The van der Waals surface area contributed by atoms with Crippen molar-refractivity contribution in [1.29, 1.82) is 0 Å². The van der Waals surface area contributed by atoms with Crippen LogP contribution in [0.3, 0.4) is 0 Å². The Morgan fingerprint density at radius 1 is 0.347 bits per heavy atom. The molecule has 2 nitrogen and oxygen atoms in total. The monoisotopic (exact) mass is 626 g/mol. The first-order chi connectivity index (χ1) is 24.3. The van der Waals surface area contributed by atoms with Crippen LogP contribution in [0.5, 0.6) is 0 Å². The highest BCUT2D eigenvalue weighted by molar-refractivity contribution is 6.21. The number of imidazole rings is 1. The van der Waals surface area contributed by atoms with E-state index >= 15 is 0 Å². The Bertz CT molecular complexity index is 2700. The van der Waals surface area contributed by atoms with Crippen LogP contribution in [0.15, 0.2) is 170 Å². The third-order valence-electron chi connectivity index (χ3n) is 9.76. The van der Waals surface area contributed by atoms with Gasteiger partial charge in [-0.05, 0) is 67.1 Å². The molecule has 2 aromatic heterocycles. The maximum absolute atomic E-state index is 5.13. The predicted octanol–water partition coefficient (Wildman–Crippen LogP) is 13.1. The lowest BCUT2D eigenvalue weighted by molar-refractivity contribution is 1.23. The molecule has 0 aliphatic carbocycles. The van der Waals surface area contributed by atoms with Gasteiger partial charge in [-0.15, -0.1) is 0 Å². The second-order valence-electron chi connectivity index (χ2n) is 12.3. The molecule has 0 aliphatic heterocycles. The first-order valence-corrected chi connectivity index (χ1v) is 17.1. The summed E-state index contributed by atoms with van der Waals surface area (Å²) < 4.78 is 2.33. The Kier molecular flexibility index (Phi) is 6.95. The van der Waals surface area contributed by atoms with Gasteiger partial charge in [-0.25, -0.2) is 4.98 Å². The molecule has 0 unspecified atom stereocenters. The summed E-state index contributed by atoms with van der Waals surface area (Å²) in [5.41, 5.74) is 11.9. The van der Waals surface area contributed by atoms with Crippen LogP contribution in [0.25, 0.3) is 93.6 Å². The minimum atomic E-state index is 0.980. The average Bonchev–Trinajstić information content (AvgIpc) is 3.74. The van der Waals surface area contributed by atoms with E-state index in [0.29, 0.717) is 0 Å². The summed E-state index contributed by atoms with van der Waals surface area (Å²) in [6.07, 6.45) is 0. The molecule has 0 atom stereocenters. The minimum Gasteiger partial charge on any atom is -0.291 e. The van der Waals surface area contributed by atoms with Crippen molar-refractivity contribution in [3.63, 3.8) is 0 Å². The van der Waals surface area contributed by atoms with Gasteiger partial charge in [-0.2, -0.15) is 0 Å². The van der Waals surface area contributed by atoms with E-state index in [1.165, 1.54) is 76.7 Å². The summed E-state index contributed by atoms with van der Waals surface area (Å²) in [7, 11) is 0. The van der Waals surface area contributed by atoms with Crippen molar-refractivity contribution in [2.45, 2.75) is 13.8 Å². The zero-order valence-corrected chi connectivity index (χ0v) is 27.6. The molecular weight excluding hydrogens is 593 g/mol. The van der Waals surface area contributed by atoms with Crippen LogP contribution in [0.2, 0.25) is 0 Å². The quantitative estimate of drug-likeness (QED) is 0.178. The van der Waals surface area contributed by atoms with Crippen molar-refractivity contribution in [3.05, 3.63) is 170 Å². The highest BCUT2D eigenvalue weighted by Gasteiger charge is 2.20. The van der Waals surface area contributed by atoms with Gasteiger partial charge in [0.15, 0.2) is 0 Å². The first kappa shape index (κ1) is 28.9. The van der Waals surface area contributed by atoms with E-state index in [9.17, 15) is 0 Å². The second-order valence-corrected chi connectivity index (χ2v) is 12.3. The number of nitrogens with zero attached hydrogens (tertiary/aromatic N) is 2. The van der Waals surface area contributed by atoms with Crippen molar-refractivity contribution in [1.82, 2.24) is 9.38 Å². The number of para-hydroxylation sites is 2. The van der Waals surface area contributed by atoms with E-state index in [2.05, 4.69) is 174 Å². The fraction of sp³-hybridized carbons (Fsp3) is 0.0426. The molecule has 2 heterocycles.